The van der Waals surface area contributed by atoms with Gasteiger partial charge in [0.05, 0.1) is 7.11 Å². The minimum absolute atomic E-state index is 0.334. The molecule has 1 atom stereocenters. The summed E-state index contributed by atoms with van der Waals surface area (Å²) in [6, 6.07) is 8.62. The Morgan fingerprint density at radius 1 is 1.20 bits per heavy atom. The molecule has 0 aliphatic carbocycles. The Morgan fingerprint density at radius 2 is 1.87 bits per heavy atom. The third-order valence-corrected chi connectivity index (χ3v) is 2.53. The van der Waals surface area contributed by atoms with Crippen LogP contribution in [-0.4, -0.2) is 13.2 Å². The molecule has 15 heavy (non-hydrogen) atoms. The van der Waals surface area contributed by atoms with Gasteiger partial charge < -0.3 is 10.5 Å². The van der Waals surface area contributed by atoms with Crippen molar-refractivity contribution in [2.75, 3.05) is 7.11 Å². The highest BCUT2D eigenvalue weighted by Gasteiger charge is 1.97. The summed E-state index contributed by atoms with van der Waals surface area (Å²) in [6.07, 6.45) is 4.68. The van der Waals surface area contributed by atoms with Gasteiger partial charge in [-0.2, -0.15) is 0 Å². The highest BCUT2D eigenvalue weighted by Crippen LogP contribution is 2.13. The second kappa shape index (κ2) is 6.46. The molecule has 0 aliphatic heterocycles. The second-order valence-electron chi connectivity index (χ2n) is 4.07. The summed E-state index contributed by atoms with van der Waals surface area (Å²) in [5, 5.41) is 0. The van der Waals surface area contributed by atoms with E-state index in [1.54, 1.807) is 7.11 Å². The van der Waals surface area contributed by atoms with Crippen molar-refractivity contribution in [1.29, 1.82) is 0 Å². The number of aryl methyl sites for hydroxylation is 1. The maximum Gasteiger partial charge on any atom is 0.118 e. The fourth-order valence-corrected chi connectivity index (χ4v) is 1.59. The fourth-order valence-electron chi connectivity index (χ4n) is 1.59. The molecule has 0 fully saturated rings. The van der Waals surface area contributed by atoms with E-state index in [1.807, 2.05) is 12.1 Å². The van der Waals surface area contributed by atoms with E-state index < -0.39 is 0 Å². The third kappa shape index (κ3) is 4.84. The lowest BCUT2D eigenvalue weighted by atomic mass is 10.1. The standard InChI is InChI=1S/C13H21NO/c1-11(14)5-3-4-6-12-7-9-13(15-2)10-8-12/h7-11H,3-6,14H2,1-2H3. The smallest absolute Gasteiger partial charge is 0.118 e. The lowest BCUT2D eigenvalue weighted by Gasteiger charge is -2.05. The highest BCUT2D eigenvalue weighted by molar-refractivity contribution is 5.27. The van der Waals surface area contributed by atoms with Gasteiger partial charge in [0.1, 0.15) is 5.75 Å². The Hall–Kier alpha value is -1.02. The van der Waals surface area contributed by atoms with E-state index >= 15 is 0 Å². The first-order chi connectivity index (χ1) is 7.22. The monoisotopic (exact) mass is 207 g/mol. The molecule has 1 rings (SSSR count). The lowest BCUT2D eigenvalue weighted by molar-refractivity contribution is 0.414. The van der Waals surface area contributed by atoms with E-state index in [0.29, 0.717) is 6.04 Å². The van der Waals surface area contributed by atoms with Crippen molar-refractivity contribution in [2.24, 2.45) is 5.73 Å². The van der Waals surface area contributed by atoms with E-state index in [-0.39, 0.29) is 0 Å². The van der Waals surface area contributed by atoms with Crippen molar-refractivity contribution in [2.45, 2.75) is 38.6 Å². The van der Waals surface area contributed by atoms with Gasteiger partial charge in [-0.1, -0.05) is 18.6 Å². The van der Waals surface area contributed by atoms with Crippen LogP contribution in [-0.2, 0) is 6.42 Å². The number of hydrogen-bond acceptors (Lipinski definition) is 2. The topological polar surface area (TPSA) is 35.2 Å². The molecule has 1 unspecified atom stereocenters. The van der Waals surface area contributed by atoms with Gasteiger partial charge in [0.2, 0.25) is 0 Å². The zero-order valence-electron chi connectivity index (χ0n) is 9.70. The Balaban J connectivity index is 2.25. The predicted molar refractivity (Wildman–Crippen MR) is 64.2 cm³/mol. The molecule has 0 spiro atoms. The summed E-state index contributed by atoms with van der Waals surface area (Å²) in [7, 11) is 1.69. The van der Waals surface area contributed by atoms with E-state index in [4.69, 9.17) is 10.5 Å². The van der Waals surface area contributed by atoms with Crippen LogP contribution in [0.25, 0.3) is 0 Å². The fraction of sp³-hybridized carbons (Fsp3) is 0.538. The number of unbranched alkanes of at least 4 members (excludes halogenated alkanes) is 1. The SMILES string of the molecule is COc1ccc(CCCCC(C)N)cc1. The number of benzene rings is 1. The van der Waals surface area contributed by atoms with Gasteiger partial charge in [-0.05, 0) is 43.9 Å². The van der Waals surface area contributed by atoms with Crippen molar-refractivity contribution in [3.63, 3.8) is 0 Å². The maximum atomic E-state index is 5.69. The van der Waals surface area contributed by atoms with Crippen molar-refractivity contribution in [1.82, 2.24) is 0 Å². The van der Waals surface area contributed by atoms with Crippen LogP contribution < -0.4 is 10.5 Å². The molecule has 0 saturated heterocycles. The molecule has 1 aromatic rings. The van der Waals surface area contributed by atoms with Gasteiger partial charge in [-0.3, -0.25) is 0 Å². The van der Waals surface area contributed by atoms with Crippen molar-refractivity contribution >= 4 is 0 Å². The normalized spacial score (nSPS) is 12.5. The number of ether oxygens (including phenoxy) is 1. The summed E-state index contributed by atoms with van der Waals surface area (Å²) in [6.45, 7) is 2.06. The van der Waals surface area contributed by atoms with Crippen LogP contribution in [0.3, 0.4) is 0 Å². The molecule has 2 nitrogen and oxygen atoms in total. The van der Waals surface area contributed by atoms with Gasteiger partial charge in [-0.25, -0.2) is 0 Å². The van der Waals surface area contributed by atoms with Gasteiger partial charge >= 0.3 is 0 Å². The van der Waals surface area contributed by atoms with E-state index in [9.17, 15) is 0 Å². The molecule has 1 aromatic carbocycles. The molecule has 2 N–H and O–H groups in total. The van der Waals surface area contributed by atoms with Gasteiger partial charge in [0.15, 0.2) is 0 Å². The third-order valence-electron chi connectivity index (χ3n) is 2.53. The summed E-state index contributed by atoms with van der Waals surface area (Å²) in [5.41, 5.74) is 7.07. The minimum Gasteiger partial charge on any atom is -0.497 e. The Kier molecular flexibility index (Phi) is 5.19. The van der Waals surface area contributed by atoms with Crippen LogP contribution in [0.1, 0.15) is 31.7 Å². The van der Waals surface area contributed by atoms with Crippen LogP contribution >= 0.6 is 0 Å². The molecule has 0 aromatic heterocycles. The second-order valence-corrected chi connectivity index (χ2v) is 4.07. The Morgan fingerprint density at radius 3 is 2.40 bits per heavy atom. The van der Waals surface area contributed by atoms with E-state index in [2.05, 4.69) is 19.1 Å². The van der Waals surface area contributed by atoms with Crippen molar-refractivity contribution < 1.29 is 4.74 Å². The van der Waals surface area contributed by atoms with Gasteiger partial charge in [0.25, 0.3) is 0 Å². The van der Waals surface area contributed by atoms with Crippen molar-refractivity contribution in [3.05, 3.63) is 29.8 Å². The summed E-state index contributed by atoms with van der Waals surface area (Å²) < 4.78 is 5.11. The quantitative estimate of drug-likeness (QED) is 0.728. The summed E-state index contributed by atoms with van der Waals surface area (Å²) in [5.74, 6) is 0.925. The first kappa shape index (κ1) is 12.1. The van der Waals surface area contributed by atoms with Gasteiger partial charge in [0, 0.05) is 6.04 Å². The molecule has 0 heterocycles. The van der Waals surface area contributed by atoms with E-state index in [0.717, 1.165) is 18.6 Å². The summed E-state index contributed by atoms with van der Waals surface area (Å²) >= 11 is 0. The molecular weight excluding hydrogens is 186 g/mol. The van der Waals surface area contributed by atoms with E-state index in [1.165, 1.54) is 18.4 Å². The predicted octanol–water partition coefficient (Wildman–Crippen LogP) is 2.76. The Labute approximate surface area is 92.4 Å². The first-order valence-electron chi connectivity index (χ1n) is 5.61. The molecule has 0 amide bonds. The number of rotatable bonds is 6. The van der Waals surface area contributed by atoms with Gasteiger partial charge in [-0.15, -0.1) is 0 Å². The van der Waals surface area contributed by atoms with Crippen LogP contribution in [0, 0.1) is 0 Å². The molecule has 0 bridgehead atoms. The molecule has 2 heteroatoms. The zero-order valence-corrected chi connectivity index (χ0v) is 9.70. The first-order valence-corrected chi connectivity index (χ1v) is 5.61. The average molecular weight is 207 g/mol. The highest BCUT2D eigenvalue weighted by atomic mass is 16.5. The molecular formula is C13H21NO. The van der Waals surface area contributed by atoms with Crippen LogP contribution in [0.2, 0.25) is 0 Å². The van der Waals surface area contributed by atoms with Crippen molar-refractivity contribution in [3.8, 4) is 5.75 Å². The largest absolute Gasteiger partial charge is 0.497 e. The number of methoxy groups -OCH3 is 1. The van der Waals surface area contributed by atoms with Crippen LogP contribution in [0.5, 0.6) is 5.75 Å². The Bertz CT molecular complexity index is 266. The number of nitrogens with two attached hydrogens (primary N) is 1. The van der Waals surface area contributed by atoms with Crippen LogP contribution in [0.4, 0.5) is 0 Å². The molecule has 84 valence electrons. The molecule has 0 saturated carbocycles. The molecule has 0 radical (unpaired) electrons. The number of hydrogen-bond donors (Lipinski definition) is 1. The zero-order chi connectivity index (χ0) is 11.1. The minimum atomic E-state index is 0.334. The maximum absolute atomic E-state index is 5.69. The lowest BCUT2D eigenvalue weighted by Crippen LogP contribution is -2.14. The summed E-state index contributed by atoms with van der Waals surface area (Å²) in [4.78, 5) is 0. The van der Waals surface area contributed by atoms with Crippen LogP contribution in [0.15, 0.2) is 24.3 Å². The average Bonchev–Trinajstić information content (AvgIpc) is 2.25. The molecule has 0 aliphatic rings.